The highest BCUT2D eigenvalue weighted by atomic mass is 16.5. The van der Waals surface area contributed by atoms with Crippen LogP contribution in [-0.2, 0) is 4.74 Å². The Bertz CT molecular complexity index is 146. The number of rotatable bonds is 6. The van der Waals surface area contributed by atoms with Crippen LogP contribution in [0.15, 0.2) is 11.6 Å². The summed E-state index contributed by atoms with van der Waals surface area (Å²) in [5.41, 5.74) is 1.33. The first-order valence-corrected chi connectivity index (χ1v) is 5.06. The summed E-state index contributed by atoms with van der Waals surface area (Å²) >= 11 is 0. The maximum Gasteiger partial charge on any atom is 0.0757 e. The van der Waals surface area contributed by atoms with Crippen molar-refractivity contribution in [3.05, 3.63) is 11.6 Å². The molecule has 2 unspecified atom stereocenters. The number of hydrogen-bond donors (Lipinski definition) is 1. The topological polar surface area (TPSA) is 21.3 Å². The zero-order valence-corrected chi connectivity index (χ0v) is 9.55. The van der Waals surface area contributed by atoms with E-state index in [9.17, 15) is 0 Å². The van der Waals surface area contributed by atoms with Gasteiger partial charge in [-0.05, 0) is 26.8 Å². The van der Waals surface area contributed by atoms with Gasteiger partial charge in [0.2, 0.25) is 0 Å². The third-order valence-corrected chi connectivity index (χ3v) is 2.06. The molecule has 1 N–H and O–H groups in total. The van der Waals surface area contributed by atoms with Crippen LogP contribution < -0.4 is 5.32 Å². The van der Waals surface area contributed by atoms with Gasteiger partial charge in [-0.3, -0.25) is 0 Å². The maximum atomic E-state index is 5.41. The van der Waals surface area contributed by atoms with Gasteiger partial charge in [0.15, 0.2) is 0 Å². The summed E-state index contributed by atoms with van der Waals surface area (Å²) in [6, 6.07) is 0.352. The number of methoxy groups -OCH3 is 1. The van der Waals surface area contributed by atoms with Crippen LogP contribution in [0.3, 0.4) is 0 Å². The summed E-state index contributed by atoms with van der Waals surface area (Å²) in [5.74, 6) is 0. The Morgan fingerprint density at radius 2 is 2.00 bits per heavy atom. The predicted octanol–water partition coefficient (Wildman–Crippen LogP) is 2.36. The molecule has 0 saturated heterocycles. The van der Waals surface area contributed by atoms with Gasteiger partial charge in [-0.15, -0.1) is 0 Å². The molecule has 0 aliphatic carbocycles. The van der Waals surface area contributed by atoms with E-state index in [2.05, 4.69) is 39.1 Å². The average molecular weight is 185 g/mol. The Labute approximate surface area is 82.4 Å². The monoisotopic (exact) mass is 185 g/mol. The van der Waals surface area contributed by atoms with Crippen molar-refractivity contribution in [2.75, 3.05) is 13.7 Å². The van der Waals surface area contributed by atoms with Crippen LogP contribution in [0.1, 0.15) is 34.1 Å². The number of ether oxygens (including phenoxy) is 1. The van der Waals surface area contributed by atoms with E-state index in [1.54, 1.807) is 7.11 Å². The van der Waals surface area contributed by atoms with E-state index in [0.717, 1.165) is 13.0 Å². The number of hydrogen-bond acceptors (Lipinski definition) is 2. The lowest BCUT2D eigenvalue weighted by Gasteiger charge is -2.23. The molecule has 13 heavy (non-hydrogen) atoms. The van der Waals surface area contributed by atoms with Crippen LogP contribution in [0, 0.1) is 0 Å². The molecule has 0 rings (SSSR count). The quantitative estimate of drug-likeness (QED) is 0.641. The summed E-state index contributed by atoms with van der Waals surface area (Å²) in [5, 5.41) is 3.41. The van der Waals surface area contributed by atoms with Crippen LogP contribution in [-0.4, -0.2) is 25.8 Å². The van der Waals surface area contributed by atoms with Gasteiger partial charge in [0.1, 0.15) is 0 Å². The van der Waals surface area contributed by atoms with E-state index >= 15 is 0 Å². The van der Waals surface area contributed by atoms with Gasteiger partial charge in [-0.1, -0.05) is 25.5 Å². The van der Waals surface area contributed by atoms with Crippen LogP contribution in [0.5, 0.6) is 0 Å². The second-order valence-electron chi connectivity index (χ2n) is 3.51. The zero-order chi connectivity index (χ0) is 10.3. The van der Waals surface area contributed by atoms with Gasteiger partial charge in [0, 0.05) is 7.11 Å². The van der Waals surface area contributed by atoms with Gasteiger partial charge in [-0.2, -0.15) is 0 Å². The van der Waals surface area contributed by atoms with E-state index in [-0.39, 0.29) is 6.10 Å². The second kappa shape index (κ2) is 7.10. The standard InChI is InChI=1S/C11H23NO/c1-6-11(13-5)10(12-7-2)8-9(3)4/h8,10-12H,6-7H2,1-5H3. The SMILES string of the molecule is CCNC(C=C(C)C)C(CC)OC. The van der Waals surface area contributed by atoms with Crippen molar-refractivity contribution in [3.63, 3.8) is 0 Å². The number of likely N-dealkylation sites (N-methyl/N-ethyl adjacent to an activating group) is 1. The second-order valence-corrected chi connectivity index (χ2v) is 3.51. The van der Waals surface area contributed by atoms with E-state index in [4.69, 9.17) is 4.74 Å². The average Bonchev–Trinajstić information content (AvgIpc) is 2.05. The predicted molar refractivity (Wildman–Crippen MR) is 58.0 cm³/mol. The minimum absolute atomic E-state index is 0.287. The zero-order valence-electron chi connectivity index (χ0n) is 9.55. The summed E-state index contributed by atoms with van der Waals surface area (Å²) < 4.78 is 5.41. The Morgan fingerprint density at radius 1 is 1.38 bits per heavy atom. The fourth-order valence-electron chi connectivity index (χ4n) is 1.46. The molecule has 0 amide bonds. The minimum Gasteiger partial charge on any atom is -0.380 e. The van der Waals surface area contributed by atoms with Crippen LogP contribution >= 0.6 is 0 Å². The molecule has 0 radical (unpaired) electrons. The molecule has 0 heterocycles. The Morgan fingerprint density at radius 3 is 2.31 bits per heavy atom. The molecular formula is C11H23NO. The molecule has 0 aliphatic heterocycles. The smallest absolute Gasteiger partial charge is 0.0757 e. The summed E-state index contributed by atoms with van der Waals surface area (Å²) in [6.45, 7) is 9.49. The third kappa shape index (κ3) is 5.06. The largest absolute Gasteiger partial charge is 0.380 e. The highest BCUT2D eigenvalue weighted by molar-refractivity contribution is 5.03. The molecule has 0 bridgehead atoms. The van der Waals surface area contributed by atoms with Gasteiger partial charge in [-0.25, -0.2) is 0 Å². The third-order valence-electron chi connectivity index (χ3n) is 2.06. The van der Waals surface area contributed by atoms with Crippen molar-refractivity contribution >= 4 is 0 Å². The summed E-state index contributed by atoms with van der Waals surface area (Å²) in [4.78, 5) is 0. The first-order chi connectivity index (χ1) is 6.15. The first-order valence-electron chi connectivity index (χ1n) is 5.06. The van der Waals surface area contributed by atoms with Crippen molar-refractivity contribution in [3.8, 4) is 0 Å². The summed E-state index contributed by atoms with van der Waals surface area (Å²) in [7, 11) is 1.78. The van der Waals surface area contributed by atoms with Crippen molar-refractivity contribution in [2.45, 2.75) is 46.3 Å². The number of nitrogens with one attached hydrogen (secondary N) is 1. The van der Waals surface area contributed by atoms with Crippen LogP contribution in [0.4, 0.5) is 0 Å². The van der Waals surface area contributed by atoms with Crippen molar-refractivity contribution < 1.29 is 4.74 Å². The van der Waals surface area contributed by atoms with E-state index in [1.807, 2.05) is 0 Å². The molecule has 0 aliphatic rings. The summed E-state index contributed by atoms with van der Waals surface area (Å²) in [6.07, 6.45) is 3.56. The highest BCUT2D eigenvalue weighted by Gasteiger charge is 2.15. The van der Waals surface area contributed by atoms with Crippen molar-refractivity contribution in [2.24, 2.45) is 0 Å². The van der Waals surface area contributed by atoms with Crippen LogP contribution in [0.2, 0.25) is 0 Å². The van der Waals surface area contributed by atoms with Gasteiger partial charge in [0.05, 0.1) is 12.1 Å². The van der Waals surface area contributed by atoms with Gasteiger partial charge >= 0.3 is 0 Å². The lowest BCUT2D eigenvalue weighted by molar-refractivity contribution is 0.0792. The van der Waals surface area contributed by atoms with E-state index in [0.29, 0.717) is 6.04 Å². The molecule has 0 aromatic heterocycles. The fourth-order valence-corrected chi connectivity index (χ4v) is 1.46. The highest BCUT2D eigenvalue weighted by Crippen LogP contribution is 2.07. The van der Waals surface area contributed by atoms with Crippen molar-refractivity contribution in [1.29, 1.82) is 0 Å². The number of allylic oxidation sites excluding steroid dienone is 1. The Balaban J connectivity index is 4.29. The Kier molecular flexibility index (Phi) is 6.92. The molecule has 0 saturated carbocycles. The normalized spacial score (nSPS) is 15.2. The maximum absolute atomic E-state index is 5.41. The van der Waals surface area contributed by atoms with Crippen LogP contribution in [0.25, 0.3) is 0 Å². The van der Waals surface area contributed by atoms with Crippen molar-refractivity contribution in [1.82, 2.24) is 5.32 Å². The van der Waals surface area contributed by atoms with Gasteiger partial charge < -0.3 is 10.1 Å². The molecular weight excluding hydrogens is 162 g/mol. The molecule has 78 valence electrons. The molecule has 0 aromatic carbocycles. The first kappa shape index (κ1) is 12.7. The van der Waals surface area contributed by atoms with E-state index in [1.165, 1.54) is 5.57 Å². The molecule has 2 nitrogen and oxygen atoms in total. The molecule has 2 heteroatoms. The molecule has 2 atom stereocenters. The van der Waals surface area contributed by atoms with Gasteiger partial charge in [0.25, 0.3) is 0 Å². The van der Waals surface area contributed by atoms with E-state index < -0.39 is 0 Å². The minimum atomic E-state index is 0.287. The molecule has 0 fully saturated rings. The molecule has 0 spiro atoms. The molecule has 0 aromatic rings. The lowest BCUT2D eigenvalue weighted by atomic mass is 10.1. The lowest BCUT2D eigenvalue weighted by Crippen LogP contribution is -2.39. The fraction of sp³-hybridized carbons (Fsp3) is 0.818. The Hall–Kier alpha value is -0.340.